The van der Waals surface area contributed by atoms with E-state index in [9.17, 15) is 14.7 Å². The van der Waals surface area contributed by atoms with E-state index in [1.807, 2.05) is 19.9 Å². The van der Waals surface area contributed by atoms with E-state index >= 15 is 0 Å². The van der Waals surface area contributed by atoms with Gasteiger partial charge in [-0.25, -0.2) is 10.9 Å². The third kappa shape index (κ3) is 3.85. The minimum absolute atomic E-state index is 0.0626. The maximum absolute atomic E-state index is 11.7. The minimum Gasteiger partial charge on any atom is -0.507 e. The predicted molar refractivity (Wildman–Crippen MR) is 87.5 cm³/mol. The molecule has 0 saturated heterocycles. The SMILES string of the molecule is CCN(CC)c1ccc(/C=N/NC(=O)C2C=NNC2=O)c(O)c1. The molecule has 3 N–H and O–H groups in total. The molecule has 0 bridgehead atoms. The molecule has 1 unspecified atom stereocenters. The number of aromatic hydroxyl groups is 1. The molecule has 2 amide bonds. The van der Waals surface area contributed by atoms with E-state index in [0.29, 0.717) is 5.56 Å². The lowest BCUT2D eigenvalue weighted by Gasteiger charge is -2.21. The number of nitrogens with zero attached hydrogens (tertiary/aromatic N) is 3. The second kappa shape index (κ2) is 7.39. The topological polar surface area (TPSA) is 106 Å². The van der Waals surface area contributed by atoms with Crippen LogP contribution in [0.5, 0.6) is 5.75 Å². The summed E-state index contributed by atoms with van der Waals surface area (Å²) >= 11 is 0. The molecule has 0 aliphatic carbocycles. The van der Waals surface area contributed by atoms with Gasteiger partial charge in [-0.05, 0) is 26.0 Å². The molecule has 0 aromatic heterocycles. The molecule has 1 aromatic rings. The predicted octanol–water partition coefficient (Wildman–Crippen LogP) is 0.420. The number of nitrogens with one attached hydrogen (secondary N) is 2. The van der Waals surface area contributed by atoms with E-state index in [0.717, 1.165) is 18.8 Å². The van der Waals surface area contributed by atoms with E-state index in [-0.39, 0.29) is 5.75 Å². The fourth-order valence-corrected chi connectivity index (χ4v) is 2.16. The van der Waals surface area contributed by atoms with Crippen molar-refractivity contribution in [3.05, 3.63) is 23.8 Å². The van der Waals surface area contributed by atoms with Crippen LogP contribution in [0.1, 0.15) is 19.4 Å². The zero-order valence-electron chi connectivity index (χ0n) is 13.0. The molecule has 0 spiro atoms. The van der Waals surface area contributed by atoms with Crippen LogP contribution in [0, 0.1) is 5.92 Å². The van der Waals surface area contributed by atoms with Crippen molar-refractivity contribution in [2.75, 3.05) is 18.0 Å². The zero-order valence-corrected chi connectivity index (χ0v) is 13.0. The van der Waals surface area contributed by atoms with Crippen LogP contribution in [0.15, 0.2) is 28.4 Å². The number of rotatable bonds is 6. The van der Waals surface area contributed by atoms with Gasteiger partial charge < -0.3 is 10.0 Å². The highest BCUT2D eigenvalue weighted by Gasteiger charge is 2.28. The van der Waals surface area contributed by atoms with E-state index in [1.54, 1.807) is 12.1 Å². The number of phenolic OH excluding ortho intramolecular Hbond substituents is 1. The quantitative estimate of drug-likeness (QED) is 0.401. The van der Waals surface area contributed by atoms with E-state index < -0.39 is 17.7 Å². The Morgan fingerprint density at radius 3 is 2.78 bits per heavy atom. The molecule has 1 aliphatic heterocycles. The Labute approximate surface area is 133 Å². The highest BCUT2D eigenvalue weighted by atomic mass is 16.3. The normalized spacial score (nSPS) is 16.6. The smallest absolute Gasteiger partial charge is 0.258 e. The molecule has 122 valence electrons. The molecule has 1 heterocycles. The van der Waals surface area contributed by atoms with Crippen LogP contribution in [0.25, 0.3) is 0 Å². The summed E-state index contributed by atoms with van der Waals surface area (Å²) in [5, 5.41) is 17.3. The van der Waals surface area contributed by atoms with Crippen molar-refractivity contribution in [2.24, 2.45) is 16.1 Å². The average molecular weight is 317 g/mol. The lowest BCUT2D eigenvalue weighted by Crippen LogP contribution is -2.34. The summed E-state index contributed by atoms with van der Waals surface area (Å²) in [6, 6.07) is 5.22. The molecule has 1 aliphatic rings. The monoisotopic (exact) mass is 317 g/mol. The highest BCUT2D eigenvalue weighted by Crippen LogP contribution is 2.23. The van der Waals surface area contributed by atoms with Crippen LogP contribution in [0.2, 0.25) is 0 Å². The van der Waals surface area contributed by atoms with Crippen molar-refractivity contribution >= 4 is 29.9 Å². The molecule has 1 aromatic carbocycles. The maximum atomic E-state index is 11.7. The van der Waals surface area contributed by atoms with Gasteiger partial charge >= 0.3 is 0 Å². The molecule has 23 heavy (non-hydrogen) atoms. The second-order valence-corrected chi connectivity index (χ2v) is 4.88. The number of carbonyl (C=O) groups excluding carboxylic acids is 2. The van der Waals surface area contributed by atoms with Crippen molar-refractivity contribution in [3.63, 3.8) is 0 Å². The number of anilines is 1. The first-order valence-electron chi connectivity index (χ1n) is 7.30. The van der Waals surface area contributed by atoms with Crippen molar-refractivity contribution in [1.29, 1.82) is 0 Å². The minimum atomic E-state index is -0.981. The number of hydrogen-bond donors (Lipinski definition) is 3. The Kier molecular flexibility index (Phi) is 5.29. The number of benzene rings is 1. The van der Waals surface area contributed by atoms with Crippen LogP contribution in [0.3, 0.4) is 0 Å². The van der Waals surface area contributed by atoms with Crippen LogP contribution in [-0.2, 0) is 9.59 Å². The molecular formula is C15H19N5O3. The second-order valence-electron chi connectivity index (χ2n) is 4.88. The molecule has 8 heteroatoms. The molecule has 1 atom stereocenters. The highest BCUT2D eigenvalue weighted by molar-refractivity contribution is 6.15. The Balaban J connectivity index is 2.01. The van der Waals surface area contributed by atoms with Crippen LogP contribution in [0.4, 0.5) is 5.69 Å². The number of phenols is 1. The lowest BCUT2D eigenvalue weighted by atomic mass is 10.1. The summed E-state index contributed by atoms with van der Waals surface area (Å²) in [4.78, 5) is 25.1. The van der Waals surface area contributed by atoms with Gasteiger partial charge in [0.15, 0.2) is 5.92 Å². The Hall–Kier alpha value is -2.90. The fraction of sp³-hybridized carbons (Fsp3) is 0.333. The van der Waals surface area contributed by atoms with Crippen molar-refractivity contribution in [1.82, 2.24) is 10.9 Å². The van der Waals surface area contributed by atoms with Gasteiger partial charge in [0.05, 0.1) is 6.21 Å². The Bertz CT molecular complexity index is 653. The van der Waals surface area contributed by atoms with Crippen molar-refractivity contribution in [3.8, 4) is 5.75 Å². The van der Waals surface area contributed by atoms with Crippen molar-refractivity contribution in [2.45, 2.75) is 13.8 Å². The molecular weight excluding hydrogens is 298 g/mol. The standard InChI is InChI=1S/C15H19N5O3/c1-3-20(4-2)11-6-5-10(13(21)7-11)8-16-18-14(22)12-9-17-19-15(12)23/h5-9,12,21H,3-4H2,1-2H3,(H,18,22)(H,19,23)/b16-8+. The van der Waals surface area contributed by atoms with Crippen molar-refractivity contribution < 1.29 is 14.7 Å². The van der Waals surface area contributed by atoms with Gasteiger partial charge in [-0.15, -0.1) is 0 Å². The van der Waals surface area contributed by atoms with Gasteiger partial charge in [-0.1, -0.05) is 0 Å². The van der Waals surface area contributed by atoms with E-state index in [4.69, 9.17) is 0 Å². The first-order chi connectivity index (χ1) is 11.1. The molecule has 0 fully saturated rings. The van der Waals surface area contributed by atoms with E-state index in [2.05, 4.69) is 26.0 Å². The summed E-state index contributed by atoms with van der Waals surface area (Å²) < 4.78 is 0. The van der Waals surface area contributed by atoms with Gasteiger partial charge in [0.1, 0.15) is 5.75 Å². The van der Waals surface area contributed by atoms with Crippen LogP contribution >= 0.6 is 0 Å². The van der Waals surface area contributed by atoms with Gasteiger partial charge in [0.25, 0.3) is 11.8 Å². The van der Waals surface area contributed by atoms with E-state index in [1.165, 1.54) is 12.4 Å². The van der Waals surface area contributed by atoms with Gasteiger partial charge in [0.2, 0.25) is 0 Å². The lowest BCUT2D eigenvalue weighted by molar-refractivity contribution is -0.131. The van der Waals surface area contributed by atoms with Gasteiger partial charge in [-0.3, -0.25) is 9.59 Å². The number of carbonyl (C=O) groups is 2. The van der Waals surface area contributed by atoms with Crippen LogP contribution < -0.4 is 15.8 Å². The first-order valence-corrected chi connectivity index (χ1v) is 7.30. The number of hydrazone groups is 2. The first kappa shape index (κ1) is 16.5. The number of amides is 2. The third-order valence-electron chi connectivity index (χ3n) is 3.48. The third-order valence-corrected chi connectivity index (χ3v) is 3.48. The summed E-state index contributed by atoms with van der Waals surface area (Å²) in [7, 11) is 0. The summed E-state index contributed by atoms with van der Waals surface area (Å²) in [5.74, 6) is -2.00. The Morgan fingerprint density at radius 1 is 1.48 bits per heavy atom. The maximum Gasteiger partial charge on any atom is 0.258 e. The van der Waals surface area contributed by atoms with Gasteiger partial charge in [0, 0.05) is 36.6 Å². The fourth-order valence-electron chi connectivity index (χ4n) is 2.16. The summed E-state index contributed by atoms with van der Waals surface area (Å²) in [6.45, 7) is 5.75. The molecule has 2 rings (SSSR count). The number of hydrogen-bond acceptors (Lipinski definition) is 6. The molecule has 0 saturated carbocycles. The molecule has 8 nitrogen and oxygen atoms in total. The summed E-state index contributed by atoms with van der Waals surface area (Å²) in [6.07, 6.45) is 2.53. The van der Waals surface area contributed by atoms with Crippen LogP contribution in [-0.4, -0.2) is 42.4 Å². The molecule has 0 radical (unpaired) electrons. The zero-order chi connectivity index (χ0) is 16.8. The Morgan fingerprint density at radius 2 is 2.22 bits per heavy atom. The summed E-state index contributed by atoms with van der Waals surface area (Å²) in [5.41, 5.74) is 5.79. The van der Waals surface area contributed by atoms with Gasteiger partial charge in [-0.2, -0.15) is 10.2 Å². The largest absolute Gasteiger partial charge is 0.507 e. The average Bonchev–Trinajstić information content (AvgIpc) is 2.96.